The first-order valence-electron chi connectivity index (χ1n) is 14.4. The van der Waals surface area contributed by atoms with Crippen LogP contribution in [0.4, 0.5) is 9.18 Å². The molecule has 3 atom stereocenters. The smallest absolute Gasteiger partial charge is 0.407 e. The van der Waals surface area contributed by atoms with E-state index in [-0.39, 0.29) is 62.7 Å². The molecule has 43 heavy (non-hydrogen) atoms. The normalized spacial score (nSPS) is 22.4. The predicted octanol–water partition coefficient (Wildman–Crippen LogP) is 5.22. The van der Waals surface area contributed by atoms with Gasteiger partial charge in [-0.15, -0.1) is 0 Å². The molecule has 2 amide bonds. The fourth-order valence-electron chi connectivity index (χ4n) is 6.23. The standard InChI is InChI=1S/C31H36BrFN4O6/c1-42-19-31(41)13-6-5-9-26(31)37-20-34-27(28(37)21-7-3-2-4-8-21)29(38)36-15-14-35(30(39)40)18-23(36)12-16-43-25-11-10-22(32)17-24(25)33/h2-4,7-8,10-11,17,20,23,26,41H,5-6,9,12-16,18-19H2,1H3,(H,39,40)/t23-,26-,31-/m1/s1. The number of hydrogen-bond acceptors (Lipinski definition) is 6. The van der Waals surface area contributed by atoms with Crippen molar-refractivity contribution in [2.75, 3.05) is 40.0 Å². The molecule has 2 heterocycles. The molecular formula is C31H36BrFN4O6. The van der Waals surface area contributed by atoms with E-state index in [0.717, 1.165) is 18.4 Å². The number of nitrogens with zero attached hydrogens (tertiary/aromatic N) is 4. The molecule has 2 aromatic carbocycles. The number of piperazine rings is 1. The minimum Gasteiger partial charge on any atom is -0.490 e. The molecule has 0 bridgehead atoms. The number of methoxy groups -OCH3 is 1. The van der Waals surface area contributed by atoms with E-state index in [1.54, 1.807) is 24.4 Å². The highest BCUT2D eigenvalue weighted by molar-refractivity contribution is 9.10. The van der Waals surface area contributed by atoms with Crippen molar-refractivity contribution in [2.45, 2.75) is 49.8 Å². The number of carboxylic acid groups (broad SMARTS) is 1. The summed E-state index contributed by atoms with van der Waals surface area (Å²) in [5.74, 6) is -0.783. The summed E-state index contributed by atoms with van der Waals surface area (Å²) in [5.41, 5.74) is 0.487. The highest BCUT2D eigenvalue weighted by Crippen LogP contribution is 2.41. The number of carbonyl (C=O) groups excluding carboxylic acids is 1. The van der Waals surface area contributed by atoms with Crippen LogP contribution >= 0.6 is 15.9 Å². The predicted molar refractivity (Wildman–Crippen MR) is 161 cm³/mol. The van der Waals surface area contributed by atoms with Crippen LogP contribution in [0.1, 0.15) is 48.6 Å². The van der Waals surface area contributed by atoms with Gasteiger partial charge in [-0.25, -0.2) is 14.2 Å². The van der Waals surface area contributed by atoms with Crippen LogP contribution in [0.5, 0.6) is 5.75 Å². The zero-order valence-electron chi connectivity index (χ0n) is 24.0. The van der Waals surface area contributed by atoms with Crippen molar-refractivity contribution in [1.82, 2.24) is 19.4 Å². The second-order valence-corrected chi connectivity index (χ2v) is 12.0. The summed E-state index contributed by atoms with van der Waals surface area (Å²) >= 11 is 3.23. The number of hydrogen-bond donors (Lipinski definition) is 2. The molecule has 1 aliphatic heterocycles. The van der Waals surface area contributed by atoms with Gasteiger partial charge in [0.05, 0.1) is 37.3 Å². The van der Waals surface area contributed by atoms with Crippen LogP contribution in [-0.4, -0.2) is 93.2 Å². The molecule has 1 saturated carbocycles. The van der Waals surface area contributed by atoms with E-state index in [1.165, 1.54) is 17.0 Å². The maximum Gasteiger partial charge on any atom is 0.407 e. The Morgan fingerprint density at radius 3 is 2.67 bits per heavy atom. The second-order valence-electron chi connectivity index (χ2n) is 11.1. The highest BCUT2D eigenvalue weighted by atomic mass is 79.9. The number of aromatic nitrogens is 2. The minimum absolute atomic E-state index is 0.0760. The third-order valence-electron chi connectivity index (χ3n) is 8.35. The van der Waals surface area contributed by atoms with Crippen molar-refractivity contribution in [3.05, 3.63) is 70.8 Å². The van der Waals surface area contributed by atoms with Crippen LogP contribution in [-0.2, 0) is 4.74 Å². The highest BCUT2D eigenvalue weighted by Gasteiger charge is 2.43. The lowest BCUT2D eigenvalue weighted by Gasteiger charge is -2.41. The molecule has 12 heteroatoms. The van der Waals surface area contributed by atoms with E-state index in [9.17, 15) is 24.2 Å². The minimum atomic E-state index is -1.12. The molecule has 2 fully saturated rings. The van der Waals surface area contributed by atoms with Gasteiger partial charge in [0.1, 0.15) is 5.60 Å². The Morgan fingerprint density at radius 1 is 1.16 bits per heavy atom. The van der Waals surface area contributed by atoms with Gasteiger partial charge in [0.15, 0.2) is 17.3 Å². The lowest BCUT2D eigenvalue weighted by molar-refractivity contribution is -0.0893. The summed E-state index contributed by atoms with van der Waals surface area (Å²) in [4.78, 5) is 33.6. The zero-order chi connectivity index (χ0) is 30.6. The first-order chi connectivity index (χ1) is 20.7. The number of aliphatic hydroxyl groups is 1. The van der Waals surface area contributed by atoms with Crippen molar-refractivity contribution < 1.29 is 33.7 Å². The molecule has 2 aliphatic rings. The van der Waals surface area contributed by atoms with Gasteiger partial charge in [-0.1, -0.05) is 59.1 Å². The largest absolute Gasteiger partial charge is 0.490 e. The molecule has 1 saturated heterocycles. The van der Waals surface area contributed by atoms with Crippen molar-refractivity contribution >= 4 is 27.9 Å². The molecule has 1 aromatic heterocycles. The van der Waals surface area contributed by atoms with Gasteiger partial charge in [0, 0.05) is 43.2 Å². The van der Waals surface area contributed by atoms with Crippen molar-refractivity contribution in [3.8, 4) is 17.0 Å². The Labute approximate surface area is 258 Å². The molecule has 5 rings (SSSR count). The fraction of sp³-hybridized carbons (Fsp3) is 0.452. The SMILES string of the molecule is COC[C@]1(O)CCCC[C@H]1n1cnc(C(=O)N2CCN(C(=O)O)C[C@H]2CCOc2ccc(Br)cc2F)c1-c1ccccc1. The Balaban J connectivity index is 1.46. The number of rotatable bonds is 9. The average Bonchev–Trinajstić information content (AvgIpc) is 3.43. The van der Waals surface area contributed by atoms with Crippen LogP contribution < -0.4 is 4.74 Å². The van der Waals surface area contributed by atoms with E-state index in [0.29, 0.717) is 23.0 Å². The average molecular weight is 660 g/mol. The molecule has 0 unspecified atom stereocenters. The van der Waals surface area contributed by atoms with Crippen molar-refractivity contribution in [3.63, 3.8) is 0 Å². The summed E-state index contributed by atoms with van der Waals surface area (Å²) in [5, 5.41) is 21.3. The molecule has 0 radical (unpaired) electrons. The summed E-state index contributed by atoms with van der Waals surface area (Å²) in [6.45, 7) is 0.640. The van der Waals surface area contributed by atoms with Crippen LogP contribution in [0.2, 0.25) is 0 Å². The van der Waals surface area contributed by atoms with Gasteiger partial charge in [0.2, 0.25) is 0 Å². The quantitative estimate of drug-likeness (QED) is 0.324. The van der Waals surface area contributed by atoms with Crippen molar-refractivity contribution in [2.24, 2.45) is 0 Å². The van der Waals surface area contributed by atoms with Crippen LogP contribution in [0.15, 0.2) is 59.3 Å². The van der Waals surface area contributed by atoms with Gasteiger partial charge in [-0.2, -0.15) is 0 Å². The van der Waals surface area contributed by atoms with E-state index in [4.69, 9.17) is 9.47 Å². The molecule has 1 aliphatic carbocycles. The van der Waals surface area contributed by atoms with Gasteiger partial charge >= 0.3 is 6.09 Å². The topological polar surface area (TPSA) is 117 Å². The van der Waals surface area contributed by atoms with Crippen molar-refractivity contribution in [1.29, 1.82) is 0 Å². The van der Waals surface area contributed by atoms with E-state index < -0.39 is 23.6 Å². The van der Waals surface area contributed by atoms with Gasteiger partial charge in [-0.3, -0.25) is 4.79 Å². The molecule has 2 N–H and O–H groups in total. The first kappa shape index (κ1) is 31.0. The summed E-state index contributed by atoms with van der Waals surface area (Å²) in [6, 6.07) is 13.1. The Kier molecular flexibility index (Phi) is 9.68. The Morgan fingerprint density at radius 2 is 1.95 bits per heavy atom. The second kappa shape index (κ2) is 13.4. The maximum absolute atomic E-state index is 14.3. The number of halogens is 2. The zero-order valence-corrected chi connectivity index (χ0v) is 25.6. The number of amides is 2. The summed E-state index contributed by atoms with van der Waals surface area (Å²) in [6.07, 6.45) is 3.90. The number of carbonyl (C=O) groups is 2. The van der Waals surface area contributed by atoms with Crippen LogP contribution in [0.3, 0.4) is 0 Å². The number of imidazole rings is 1. The number of benzene rings is 2. The fourth-order valence-corrected chi connectivity index (χ4v) is 6.57. The monoisotopic (exact) mass is 658 g/mol. The van der Waals surface area contributed by atoms with E-state index in [2.05, 4.69) is 20.9 Å². The Hall–Kier alpha value is -3.48. The van der Waals surface area contributed by atoms with E-state index in [1.807, 2.05) is 34.9 Å². The molecular weight excluding hydrogens is 623 g/mol. The summed E-state index contributed by atoms with van der Waals surface area (Å²) in [7, 11) is 1.57. The first-order valence-corrected chi connectivity index (χ1v) is 15.2. The maximum atomic E-state index is 14.3. The van der Waals surface area contributed by atoms with Gasteiger partial charge < -0.3 is 34.1 Å². The lowest BCUT2D eigenvalue weighted by atomic mass is 9.80. The van der Waals surface area contributed by atoms with Crippen LogP contribution in [0, 0.1) is 5.82 Å². The molecule has 3 aromatic rings. The lowest BCUT2D eigenvalue weighted by Crippen LogP contribution is -2.56. The molecule has 10 nitrogen and oxygen atoms in total. The van der Waals surface area contributed by atoms with Gasteiger partial charge in [-0.05, 0) is 31.0 Å². The summed E-state index contributed by atoms with van der Waals surface area (Å²) < 4.78 is 27.9. The van der Waals surface area contributed by atoms with E-state index >= 15 is 0 Å². The van der Waals surface area contributed by atoms with Crippen LogP contribution in [0.25, 0.3) is 11.3 Å². The molecule has 230 valence electrons. The third-order valence-corrected chi connectivity index (χ3v) is 8.84. The van der Waals surface area contributed by atoms with Gasteiger partial charge in [0.25, 0.3) is 5.91 Å². The number of ether oxygens (including phenoxy) is 2. The third kappa shape index (κ3) is 6.71. The molecule has 0 spiro atoms. The Bertz CT molecular complexity index is 1430.